The molecule has 0 heterocycles. The molecule has 0 aliphatic heterocycles. The van der Waals surface area contributed by atoms with Crippen LogP contribution in [0.25, 0.3) is 0 Å². The van der Waals surface area contributed by atoms with Gasteiger partial charge in [0.15, 0.2) is 5.78 Å². The monoisotopic (exact) mass is 382 g/mol. The molecule has 3 heteroatoms. The molecule has 0 spiro atoms. The number of unbranched alkanes of at least 4 members (excludes halogenated alkanes) is 2. The predicted octanol–water partition coefficient (Wildman–Crippen LogP) is 6.84. The molecule has 0 aliphatic rings. The van der Waals surface area contributed by atoms with Crippen LogP contribution in [0.1, 0.15) is 60.7 Å². The van der Waals surface area contributed by atoms with Crippen molar-refractivity contribution in [1.29, 1.82) is 0 Å². The average molecular weight is 383 g/mol. The van der Waals surface area contributed by atoms with Gasteiger partial charge in [-0.05, 0) is 12.0 Å². The minimum absolute atomic E-state index is 0.0267. The number of carbonyl (C=O) groups excluding carboxylic acids is 1. The molecule has 2 atom stereocenters. The van der Waals surface area contributed by atoms with Crippen molar-refractivity contribution in [1.82, 2.24) is 0 Å². The summed E-state index contributed by atoms with van der Waals surface area (Å²) in [4.78, 5) is 12.8. The van der Waals surface area contributed by atoms with Gasteiger partial charge >= 0.3 is 0 Å². The number of rotatable bonds is 11. The second-order valence-electron chi connectivity index (χ2n) is 8.40. The van der Waals surface area contributed by atoms with Crippen LogP contribution in [-0.2, 0) is 4.74 Å². The first kappa shape index (κ1) is 21.6. The maximum absolute atomic E-state index is 12.8. The molecule has 2 aromatic rings. The summed E-state index contributed by atoms with van der Waals surface area (Å²) in [5.74, 6) is 0.180. The Balaban J connectivity index is 2.17. The van der Waals surface area contributed by atoms with Crippen LogP contribution in [0.15, 0.2) is 60.7 Å². The van der Waals surface area contributed by atoms with Gasteiger partial charge in [-0.25, -0.2) is 0 Å². The van der Waals surface area contributed by atoms with E-state index in [0.717, 1.165) is 18.4 Å². The lowest BCUT2D eigenvalue weighted by molar-refractivity contribution is 0.0138. The Hall–Kier alpha value is -1.71. The summed E-state index contributed by atoms with van der Waals surface area (Å²) < 4.78 is 6.68. The number of Topliss-reactive ketones (excluding diaryl/α,β-unsaturated/α-hetero) is 1. The Morgan fingerprint density at radius 2 is 1.52 bits per heavy atom. The molecule has 0 aliphatic carbocycles. The molecule has 0 bridgehead atoms. The van der Waals surface area contributed by atoms with Gasteiger partial charge in [0.2, 0.25) is 0 Å². The highest BCUT2D eigenvalue weighted by atomic mass is 28.3. The van der Waals surface area contributed by atoms with Crippen LogP contribution in [0.4, 0.5) is 0 Å². The standard InChI is InChI=1S/C24H34O2Si/c1-5-6-9-18-22(19-23(25)20-14-10-7-11-15-20)26-24(27(2,3)4)21-16-12-8-13-17-21/h7-8,10-17,22,24H,5-6,9,18-19H2,1-4H3/t22-,24-/m0/s1. The third kappa shape index (κ3) is 7.08. The third-order valence-corrected chi connectivity index (χ3v) is 6.90. The fourth-order valence-electron chi connectivity index (χ4n) is 3.39. The van der Waals surface area contributed by atoms with Gasteiger partial charge < -0.3 is 4.74 Å². The Morgan fingerprint density at radius 3 is 2.07 bits per heavy atom. The molecule has 0 saturated carbocycles. The summed E-state index contributed by atoms with van der Waals surface area (Å²) in [6.07, 6.45) is 4.84. The molecule has 0 saturated heterocycles. The highest BCUT2D eigenvalue weighted by Crippen LogP contribution is 2.31. The number of hydrogen-bond donors (Lipinski definition) is 0. The Kier molecular flexibility index (Phi) is 8.46. The van der Waals surface area contributed by atoms with E-state index in [-0.39, 0.29) is 17.6 Å². The third-order valence-electron chi connectivity index (χ3n) is 4.86. The molecule has 27 heavy (non-hydrogen) atoms. The predicted molar refractivity (Wildman–Crippen MR) is 117 cm³/mol. The van der Waals surface area contributed by atoms with E-state index in [1.54, 1.807) is 0 Å². The fourth-order valence-corrected chi connectivity index (χ4v) is 5.19. The minimum Gasteiger partial charge on any atom is -0.373 e. The van der Waals surface area contributed by atoms with E-state index in [2.05, 4.69) is 50.8 Å². The van der Waals surface area contributed by atoms with Crippen molar-refractivity contribution in [3.63, 3.8) is 0 Å². The van der Waals surface area contributed by atoms with E-state index >= 15 is 0 Å². The summed E-state index contributed by atoms with van der Waals surface area (Å²) in [7, 11) is -1.60. The van der Waals surface area contributed by atoms with Gasteiger partial charge in [-0.15, -0.1) is 0 Å². The molecule has 2 rings (SSSR count). The highest BCUT2D eigenvalue weighted by Gasteiger charge is 2.32. The molecular formula is C24H34O2Si. The molecule has 0 radical (unpaired) electrons. The van der Waals surface area contributed by atoms with Crippen LogP contribution < -0.4 is 0 Å². The first-order valence-corrected chi connectivity index (χ1v) is 13.8. The summed E-state index contributed by atoms with van der Waals surface area (Å²) in [6, 6.07) is 20.1. The van der Waals surface area contributed by atoms with Crippen molar-refractivity contribution in [3.8, 4) is 0 Å². The maximum Gasteiger partial charge on any atom is 0.165 e. The maximum atomic E-state index is 12.8. The van der Waals surface area contributed by atoms with Crippen LogP contribution in [0.5, 0.6) is 0 Å². The van der Waals surface area contributed by atoms with Gasteiger partial charge in [0.1, 0.15) is 0 Å². The van der Waals surface area contributed by atoms with Gasteiger partial charge in [0.25, 0.3) is 0 Å². The van der Waals surface area contributed by atoms with Crippen LogP contribution in [0.3, 0.4) is 0 Å². The first-order chi connectivity index (χ1) is 12.9. The summed E-state index contributed by atoms with van der Waals surface area (Å²) in [5.41, 5.74) is 2.13. The quantitative estimate of drug-likeness (QED) is 0.241. The Labute approximate surface area is 166 Å². The molecular weight excluding hydrogens is 348 g/mol. The largest absolute Gasteiger partial charge is 0.373 e. The first-order valence-electron chi connectivity index (χ1n) is 10.2. The summed E-state index contributed by atoms with van der Waals surface area (Å²) in [6.45, 7) is 9.23. The van der Waals surface area contributed by atoms with Gasteiger partial charge in [-0.1, -0.05) is 106 Å². The number of benzene rings is 2. The van der Waals surface area contributed by atoms with Crippen LogP contribution in [-0.4, -0.2) is 20.0 Å². The molecule has 146 valence electrons. The van der Waals surface area contributed by atoms with Gasteiger partial charge in [0.05, 0.1) is 19.9 Å². The van der Waals surface area contributed by atoms with Gasteiger partial charge in [-0.2, -0.15) is 0 Å². The van der Waals surface area contributed by atoms with Gasteiger partial charge in [0, 0.05) is 12.0 Å². The molecule has 0 amide bonds. The average Bonchev–Trinajstić information content (AvgIpc) is 2.66. The fraction of sp³-hybridized carbons (Fsp3) is 0.458. The molecule has 0 unspecified atom stereocenters. The smallest absolute Gasteiger partial charge is 0.165 e. The van der Waals surface area contributed by atoms with Crippen LogP contribution >= 0.6 is 0 Å². The number of carbonyl (C=O) groups is 1. The van der Waals surface area contributed by atoms with Crippen molar-refractivity contribution in [2.45, 2.75) is 70.5 Å². The van der Waals surface area contributed by atoms with Crippen molar-refractivity contribution < 1.29 is 9.53 Å². The zero-order valence-corrected chi connectivity index (χ0v) is 18.3. The minimum atomic E-state index is -1.60. The van der Waals surface area contributed by atoms with E-state index in [1.165, 1.54) is 18.4 Å². The number of ketones is 1. The van der Waals surface area contributed by atoms with Crippen LogP contribution in [0, 0.1) is 0 Å². The normalized spacial score (nSPS) is 13.9. The van der Waals surface area contributed by atoms with E-state index in [9.17, 15) is 4.79 Å². The lowest BCUT2D eigenvalue weighted by atomic mass is 10.0. The summed E-state index contributed by atoms with van der Waals surface area (Å²) >= 11 is 0. The number of hydrogen-bond acceptors (Lipinski definition) is 2. The molecule has 0 fully saturated rings. The lowest BCUT2D eigenvalue weighted by Crippen LogP contribution is -2.36. The second kappa shape index (κ2) is 10.6. The van der Waals surface area contributed by atoms with Crippen LogP contribution in [0.2, 0.25) is 19.6 Å². The lowest BCUT2D eigenvalue weighted by Gasteiger charge is -2.33. The van der Waals surface area contributed by atoms with E-state index < -0.39 is 8.07 Å². The van der Waals surface area contributed by atoms with Crippen molar-refractivity contribution in [3.05, 3.63) is 71.8 Å². The van der Waals surface area contributed by atoms with Gasteiger partial charge in [-0.3, -0.25) is 4.79 Å². The van der Waals surface area contributed by atoms with Crippen molar-refractivity contribution in [2.75, 3.05) is 0 Å². The second-order valence-corrected chi connectivity index (χ2v) is 13.7. The number of ether oxygens (including phenoxy) is 1. The van der Waals surface area contributed by atoms with E-state index in [1.807, 2.05) is 36.4 Å². The molecule has 2 nitrogen and oxygen atoms in total. The Bertz CT molecular complexity index is 677. The Morgan fingerprint density at radius 1 is 0.926 bits per heavy atom. The van der Waals surface area contributed by atoms with E-state index in [4.69, 9.17) is 4.74 Å². The zero-order valence-electron chi connectivity index (χ0n) is 17.3. The van der Waals surface area contributed by atoms with E-state index in [0.29, 0.717) is 6.42 Å². The van der Waals surface area contributed by atoms with Crippen molar-refractivity contribution in [2.24, 2.45) is 0 Å². The summed E-state index contributed by atoms with van der Waals surface area (Å²) in [5, 5.41) is 0. The topological polar surface area (TPSA) is 26.3 Å². The molecule has 0 N–H and O–H groups in total. The molecule has 2 aromatic carbocycles. The highest BCUT2D eigenvalue weighted by molar-refractivity contribution is 6.77. The SMILES string of the molecule is CCCCC[C@@H](CC(=O)c1ccccc1)O[C@H](c1ccccc1)[Si](C)(C)C. The van der Waals surface area contributed by atoms with Crippen molar-refractivity contribution >= 4 is 13.9 Å². The zero-order chi connectivity index (χ0) is 19.7. The molecule has 0 aromatic heterocycles.